The summed E-state index contributed by atoms with van der Waals surface area (Å²) in [6, 6.07) is 7.73. The van der Waals surface area contributed by atoms with Crippen molar-refractivity contribution in [1.29, 1.82) is 0 Å². The third-order valence-corrected chi connectivity index (χ3v) is 2.89. The predicted octanol–water partition coefficient (Wildman–Crippen LogP) is 2.11. The van der Waals surface area contributed by atoms with Gasteiger partial charge in [0, 0.05) is 31.6 Å². The zero-order valence-corrected chi connectivity index (χ0v) is 11.9. The van der Waals surface area contributed by atoms with Gasteiger partial charge in [-0.2, -0.15) is 0 Å². The van der Waals surface area contributed by atoms with Crippen LogP contribution in [0.25, 0.3) is 0 Å². The molecule has 106 valence electrons. The van der Waals surface area contributed by atoms with Gasteiger partial charge in [0.25, 0.3) is 0 Å². The summed E-state index contributed by atoms with van der Waals surface area (Å²) < 4.78 is 10.0. The normalized spacial score (nSPS) is 13.7. The summed E-state index contributed by atoms with van der Waals surface area (Å²) >= 11 is 0. The molecule has 0 aromatic heterocycles. The fraction of sp³-hybridized carbons (Fsp3) is 0.500. The topological polar surface area (TPSA) is 59.6 Å². The standard InChI is InChI=1S/C14H22N2O3/c1-10(11(2)19-4)15-12-6-5-7-13(8-12)16-14(17)9-18-3/h5-8,10-11,15H,9H2,1-4H3,(H,16,17). The molecule has 0 saturated carbocycles. The maximum Gasteiger partial charge on any atom is 0.250 e. The van der Waals surface area contributed by atoms with E-state index in [-0.39, 0.29) is 24.7 Å². The number of hydrogen-bond donors (Lipinski definition) is 2. The van der Waals surface area contributed by atoms with Crippen molar-refractivity contribution < 1.29 is 14.3 Å². The fourth-order valence-corrected chi connectivity index (χ4v) is 1.60. The van der Waals surface area contributed by atoms with E-state index in [4.69, 9.17) is 9.47 Å². The number of amides is 1. The average Bonchev–Trinajstić information content (AvgIpc) is 2.38. The second-order valence-corrected chi connectivity index (χ2v) is 4.44. The molecule has 0 spiro atoms. The van der Waals surface area contributed by atoms with Crippen molar-refractivity contribution in [2.75, 3.05) is 31.5 Å². The first-order chi connectivity index (χ1) is 9.06. The molecule has 5 heteroatoms. The van der Waals surface area contributed by atoms with E-state index < -0.39 is 0 Å². The predicted molar refractivity (Wildman–Crippen MR) is 76.5 cm³/mol. The molecule has 1 amide bonds. The van der Waals surface area contributed by atoms with Crippen LogP contribution in [0.4, 0.5) is 11.4 Å². The van der Waals surface area contributed by atoms with Crippen molar-refractivity contribution in [1.82, 2.24) is 0 Å². The quantitative estimate of drug-likeness (QED) is 0.793. The minimum absolute atomic E-state index is 0.0504. The summed E-state index contributed by atoms with van der Waals surface area (Å²) in [7, 11) is 3.18. The Morgan fingerprint density at radius 3 is 2.58 bits per heavy atom. The molecule has 1 rings (SSSR count). The zero-order valence-electron chi connectivity index (χ0n) is 11.9. The van der Waals surface area contributed by atoms with Crippen LogP contribution in [-0.4, -0.2) is 38.9 Å². The molecule has 2 atom stereocenters. The molecule has 5 nitrogen and oxygen atoms in total. The lowest BCUT2D eigenvalue weighted by Gasteiger charge is -2.21. The van der Waals surface area contributed by atoms with E-state index in [1.807, 2.05) is 38.1 Å². The first-order valence-corrected chi connectivity index (χ1v) is 6.25. The Morgan fingerprint density at radius 2 is 1.95 bits per heavy atom. The molecule has 0 saturated heterocycles. The maximum atomic E-state index is 11.4. The lowest BCUT2D eigenvalue weighted by atomic mass is 10.2. The molecule has 0 aliphatic carbocycles. The molecule has 0 heterocycles. The first-order valence-electron chi connectivity index (χ1n) is 6.25. The van der Waals surface area contributed by atoms with Crippen LogP contribution in [-0.2, 0) is 14.3 Å². The first kappa shape index (κ1) is 15.5. The number of carbonyl (C=O) groups is 1. The molecule has 0 fully saturated rings. The minimum atomic E-state index is -0.169. The molecule has 2 unspecified atom stereocenters. The molecule has 19 heavy (non-hydrogen) atoms. The van der Waals surface area contributed by atoms with Crippen molar-refractivity contribution in [2.24, 2.45) is 0 Å². The van der Waals surface area contributed by atoms with Crippen molar-refractivity contribution in [3.63, 3.8) is 0 Å². The van der Waals surface area contributed by atoms with Crippen LogP contribution in [0.2, 0.25) is 0 Å². The van der Waals surface area contributed by atoms with Crippen molar-refractivity contribution in [3.05, 3.63) is 24.3 Å². The van der Waals surface area contributed by atoms with E-state index in [1.54, 1.807) is 7.11 Å². The monoisotopic (exact) mass is 266 g/mol. The fourth-order valence-electron chi connectivity index (χ4n) is 1.60. The Labute approximate surface area is 114 Å². The van der Waals surface area contributed by atoms with Crippen LogP contribution in [0.15, 0.2) is 24.3 Å². The summed E-state index contributed by atoms with van der Waals surface area (Å²) in [6.45, 7) is 4.10. The van der Waals surface area contributed by atoms with E-state index in [9.17, 15) is 4.79 Å². The molecule has 0 bridgehead atoms. The van der Waals surface area contributed by atoms with Gasteiger partial charge in [-0.15, -0.1) is 0 Å². The summed E-state index contributed by atoms with van der Waals surface area (Å²) in [5.74, 6) is -0.169. The Kier molecular flexibility index (Phi) is 6.32. The second-order valence-electron chi connectivity index (χ2n) is 4.44. The lowest BCUT2D eigenvalue weighted by Crippen LogP contribution is -2.29. The van der Waals surface area contributed by atoms with Crippen LogP contribution < -0.4 is 10.6 Å². The Balaban J connectivity index is 2.64. The number of nitrogens with one attached hydrogen (secondary N) is 2. The summed E-state index contributed by atoms with van der Waals surface area (Å²) in [6.07, 6.45) is 0.103. The van der Waals surface area contributed by atoms with E-state index in [0.717, 1.165) is 11.4 Å². The molecule has 0 aliphatic rings. The van der Waals surface area contributed by atoms with Crippen molar-refractivity contribution in [3.8, 4) is 0 Å². The lowest BCUT2D eigenvalue weighted by molar-refractivity contribution is -0.119. The van der Waals surface area contributed by atoms with Gasteiger partial charge in [-0.1, -0.05) is 6.07 Å². The van der Waals surface area contributed by atoms with Gasteiger partial charge < -0.3 is 20.1 Å². The second kappa shape index (κ2) is 7.76. The van der Waals surface area contributed by atoms with Gasteiger partial charge in [0.1, 0.15) is 6.61 Å². The molecular formula is C14H22N2O3. The highest BCUT2D eigenvalue weighted by atomic mass is 16.5. The molecule has 1 aromatic rings. The highest BCUT2D eigenvalue weighted by Gasteiger charge is 2.11. The van der Waals surface area contributed by atoms with Gasteiger partial charge >= 0.3 is 0 Å². The number of anilines is 2. The van der Waals surface area contributed by atoms with Gasteiger partial charge in [0.05, 0.1) is 6.10 Å². The highest BCUT2D eigenvalue weighted by Crippen LogP contribution is 2.17. The SMILES string of the molecule is COCC(=O)Nc1cccc(NC(C)C(C)OC)c1. The van der Waals surface area contributed by atoms with Crippen LogP contribution in [0.3, 0.4) is 0 Å². The van der Waals surface area contributed by atoms with E-state index in [0.29, 0.717) is 0 Å². The molecule has 1 aromatic carbocycles. The maximum absolute atomic E-state index is 11.4. The van der Waals surface area contributed by atoms with E-state index in [2.05, 4.69) is 10.6 Å². The Morgan fingerprint density at radius 1 is 1.26 bits per heavy atom. The van der Waals surface area contributed by atoms with Gasteiger partial charge in [-0.05, 0) is 32.0 Å². The summed E-state index contributed by atoms with van der Waals surface area (Å²) in [5.41, 5.74) is 1.68. The Bertz CT molecular complexity index is 409. The van der Waals surface area contributed by atoms with Crippen LogP contribution >= 0.6 is 0 Å². The molecule has 2 N–H and O–H groups in total. The van der Waals surface area contributed by atoms with Crippen molar-refractivity contribution >= 4 is 17.3 Å². The number of ether oxygens (including phenoxy) is 2. The van der Waals surface area contributed by atoms with E-state index in [1.165, 1.54) is 7.11 Å². The molecular weight excluding hydrogens is 244 g/mol. The highest BCUT2D eigenvalue weighted by molar-refractivity contribution is 5.92. The van der Waals surface area contributed by atoms with Gasteiger partial charge in [-0.3, -0.25) is 4.79 Å². The van der Waals surface area contributed by atoms with Crippen LogP contribution in [0.1, 0.15) is 13.8 Å². The third-order valence-electron chi connectivity index (χ3n) is 2.89. The third kappa shape index (κ3) is 5.28. The van der Waals surface area contributed by atoms with Gasteiger partial charge in [0.2, 0.25) is 5.91 Å². The zero-order chi connectivity index (χ0) is 14.3. The van der Waals surface area contributed by atoms with Crippen molar-refractivity contribution in [2.45, 2.75) is 26.0 Å². The van der Waals surface area contributed by atoms with Crippen LogP contribution in [0.5, 0.6) is 0 Å². The van der Waals surface area contributed by atoms with Gasteiger partial charge in [-0.25, -0.2) is 0 Å². The number of hydrogen-bond acceptors (Lipinski definition) is 4. The molecule has 0 aliphatic heterocycles. The smallest absolute Gasteiger partial charge is 0.250 e. The number of benzene rings is 1. The average molecular weight is 266 g/mol. The molecule has 0 radical (unpaired) electrons. The Hall–Kier alpha value is -1.59. The number of rotatable bonds is 7. The largest absolute Gasteiger partial charge is 0.380 e. The number of carbonyl (C=O) groups excluding carboxylic acids is 1. The van der Waals surface area contributed by atoms with Crippen LogP contribution in [0, 0.1) is 0 Å². The summed E-state index contributed by atoms with van der Waals surface area (Å²) in [5, 5.41) is 6.10. The minimum Gasteiger partial charge on any atom is -0.380 e. The summed E-state index contributed by atoms with van der Waals surface area (Å²) in [4.78, 5) is 11.4. The van der Waals surface area contributed by atoms with E-state index >= 15 is 0 Å². The van der Waals surface area contributed by atoms with Gasteiger partial charge in [0.15, 0.2) is 0 Å². The number of methoxy groups -OCH3 is 2.